The van der Waals surface area contributed by atoms with Gasteiger partial charge in [-0.1, -0.05) is 30.3 Å². The number of nitrogens with zero attached hydrogens (tertiary/aromatic N) is 3. The molecule has 0 atom stereocenters. The highest BCUT2D eigenvalue weighted by atomic mass is 79.9. The summed E-state index contributed by atoms with van der Waals surface area (Å²) in [5.74, 6) is 0.430. The zero-order chi connectivity index (χ0) is 12.5. The lowest BCUT2D eigenvalue weighted by Crippen LogP contribution is -1.97. The Morgan fingerprint density at radius 3 is 2.44 bits per heavy atom. The van der Waals surface area contributed by atoms with E-state index >= 15 is 0 Å². The van der Waals surface area contributed by atoms with Crippen LogP contribution in [0.5, 0.6) is 0 Å². The van der Waals surface area contributed by atoms with Gasteiger partial charge in [-0.2, -0.15) is 0 Å². The van der Waals surface area contributed by atoms with Gasteiger partial charge in [-0.05, 0) is 28.1 Å². The molecule has 2 aromatic heterocycles. The fourth-order valence-electron chi connectivity index (χ4n) is 1.78. The van der Waals surface area contributed by atoms with Crippen molar-refractivity contribution in [3.63, 3.8) is 0 Å². The van der Waals surface area contributed by atoms with E-state index in [0.29, 0.717) is 16.2 Å². The van der Waals surface area contributed by atoms with E-state index in [-0.39, 0.29) is 0 Å². The number of halogens is 1. The minimum Gasteiger partial charge on any atom is -0.383 e. The molecule has 0 bridgehead atoms. The summed E-state index contributed by atoms with van der Waals surface area (Å²) in [7, 11) is 0. The smallest absolute Gasteiger partial charge is 0.200 e. The molecule has 3 aromatic rings. The molecule has 0 fully saturated rings. The predicted octanol–water partition coefficient (Wildman–Crippen LogP) is 3.04. The largest absolute Gasteiger partial charge is 0.383 e. The van der Waals surface area contributed by atoms with E-state index in [4.69, 9.17) is 5.73 Å². The summed E-state index contributed by atoms with van der Waals surface area (Å²) in [6.07, 6.45) is 0. The van der Waals surface area contributed by atoms with Crippen LogP contribution in [0.25, 0.3) is 22.3 Å². The van der Waals surface area contributed by atoms with Crippen molar-refractivity contribution in [2.75, 3.05) is 5.73 Å². The molecule has 0 amide bonds. The molecule has 5 heteroatoms. The van der Waals surface area contributed by atoms with Crippen molar-refractivity contribution < 1.29 is 0 Å². The number of nitrogen functional groups attached to an aromatic ring is 1. The van der Waals surface area contributed by atoms with Gasteiger partial charge in [-0.3, -0.25) is 0 Å². The molecule has 88 valence electrons. The summed E-state index contributed by atoms with van der Waals surface area (Å²) in [5, 5.41) is 0.762. The van der Waals surface area contributed by atoms with Crippen molar-refractivity contribution in [1.29, 1.82) is 0 Å². The minimum atomic E-state index is 0.430. The topological polar surface area (TPSA) is 64.7 Å². The molecule has 0 aliphatic heterocycles. The van der Waals surface area contributed by atoms with Crippen LogP contribution in [-0.4, -0.2) is 15.0 Å². The van der Waals surface area contributed by atoms with Gasteiger partial charge in [0, 0.05) is 5.56 Å². The van der Waals surface area contributed by atoms with Crippen LogP contribution in [0.3, 0.4) is 0 Å². The zero-order valence-electron chi connectivity index (χ0n) is 9.34. The highest BCUT2D eigenvalue weighted by Gasteiger charge is 2.06. The third kappa shape index (κ3) is 1.93. The maximum absolute atomic E-state index is 5.82. The van der Waals surface area contributed by atoms with Crippen molar-refractivity contribution in [2.24, 2.45) is 0 Å². The van der Waals surface area contributed by atoms with Crippen LogP contribution in [0, 0.1) is 0 Å². The predicted molar refractivity (Wildman–Crippen MR) is 74.9 cm³/mol. The Morgan fingerprint density at radius 2 is 1.67 bits per heavy atom. The van der Waals surface area contributed by atoms with Gasteiger partial charge >= 0.3 is 0 Å². The van der Waals surface area contributed by atoms with Gasteiger partial charge in [-0.15, -0.1) is 0 Å². The van der Waals surface area contributed by atoms with Gasteiger partial charge < -0.3 is 5.73 Å². The van der Waals surface area contributed by atoms with Gasteiger partial charge in [-0.25, -0.2) is 15.0 Å². The van der Waals surface area contributed by atoms with E-state index in [1.54, 1.807) is 0 Å². The molecule has 0 aliphatic carbocycles. The molecular formula is C13H9BrN4. The number of hydrogen-bond acceptors (Lipinski definition) is 4. The monoisotopic (exact) mass is 300 g/mol. The van der Waals surface area contributed by atoms with E-state index in [0.717, 1.165) is 16.6 Å². The normalized spacial score (nSPS) is 10.7. The number of anilines is 1. The van der Waals surface area contributed by atoms with Crippen molar-refractivity contribution >= 4 is 32.8 Å². The Kier molecular flexibility index (Phi) is 2.68. The van der Waals surface area contributed by atoms with Crippen molar-refractivity contribution in [1.82, 2.24) is 15.0 Å². The fraction of sp³-hybridized carbons (Fsp3) is 0. The third-order valence-electron chi connectivity index (χ3n) is 2.63. The first-order valence-electron chi connectivity index (χ1n) is 5.39. The molecule has 2 heterocycles. The lowest BCUT2D eigenvalue weighted by atomic mass is 10.1. The lowest BCUT2D eigenvalue weighted by Gasteiger charge is -2.04. The van der Waals surface area contributed by atoms with Gasteiger partial charge in [0.25, 0.3) is 0 Å². The van der Waals surface area contributed by atoms with Gasteiger partial charge in [0.05, 0.1) is 11.1 Å². The van der Waals surface area contributed by atoms with Crippen LogP contribution in [0.1, 0.15) is 0 Å². The van der Waals surface area contributed by atoms with Crippen molar-refractivity contribution in [2.45, 2.75) is 0 Å². The van der Waals surface area contributed by atoms with Crippen LogP contribution in [0.4, 0.5) is 5.82 Å². The molecule has 2 N–H and O–H groups in total. The molecule has 0 saturated carbocycles. The highest BCUT2D eigenvalue weighted by Crippen LogP contribution is 2.23. The third-order valence-corrected chi connectivity index (χ3v) is 2.99. The van der Waals surface area contributed by atoms with Crippen molar-refractivity contribution in [3.8, 4) is 11.3 Å². The molecule has 18 heavy (non-hydrogen) atoms. The first-order chi connectivity index (χ1) is 8.74. The molecule has 0 radical (unpaired) electrons. The van der Waals surface area contributed by atoms with Crippen LogP contribution < -0.4 is 5.73 Å². The summed E-state index contributed by atoms with van der Waals surface area (Å²) in [6, 6.07) is 13.8. The lowest BCUT2D eigenvalue weighted by molar-refractivity contribution is 1.14. The van der Waals surface area contributed by atoms with Crippen LogP contribution in [-0.2, 0) is 0 Å². The van der Waals surface area contributed by atoms with Crippen LogP contribution in [0.15, 0.2) is 47.2 Å². The molecular weight excluding hydrogens is 292 g/mol. The van der Waals surface area contributed by atoms with E-state index in [9.17, 15) is 0 Å². The second kappa shape index (κ2) is 4.34. The second-order valence-electron chi connectivity index (χ2n) is 3.81. The average Bonchev–Trinajstić information content (AvgIpc) is 2.39. The molecule has 0 saturated heterocycles. The molecule has 1 aromatic carbocycles. The Hall–Kier alpha value is -2.01. The first-order valence-corrected chi connectivity index (χ1v) is 6.18. The maximum Gasteiger partial charge on any atom is 0.200 e. The molecule has 4 nitrogen and oxygen atoms in total. The van der Waals surface area contributed by atoms with Crippen LogP contribution >= 0.6 is 15.9 Å². The van der Waals surface area contributed by atoms with Crippen molar-refractivity contribution in [3.05, 3.63) is 47.2 Å². The summed E-state index contributed by atoms with van der Waals surface area (Å²) in [4.78, 5) is 12.8. The standard InChI is InChI=1S/C13H9BrN4/c14-13-17-11(15)9-6-7-10(16-12(9)18-13)8-4-2-1-3-5-8/h1-7H,(H2,15,16,17,18). The Bertz CT molecular complexity index is 713. The molecule has 0 aliphatic rings. The zero-order valence-corrected chi connectivity index (χ0v) is 10.9. The number of pyridine rings is 1. The highest BCUT2D eigenvalue weighted by molar-refractivity contribution is 9.10. The van der Waals surface area contributed by atoms with E-state index in [1.807, 2.05) is 42.5 Å². The Labute approximate surface area is 112 Å². The number of hydrogen-bond donors (Lipinski definition) is 1. The minimum absolute atomic E-state index is 0.430. The average molecular weight is 301 g/mol. The second-order valence-corrected chi connectivity index (χ2v) is 4.52. The Balaban J connectivity index is 2.23. The summed E-state index contributed by atoms with van der Waals surface area (Å²) in [5.41, 5.74) is 8.34. The Morgan fingerprint density at radius 1 is 0.889 bits per heavy atom. The van der Waals surface area contributed by atoms with Gasteiger partial charge in [0.2, 0.25) is 4.73 Å². The quantitative estimate of drug-likeness (QED) is 0.702. The first kappa shape index (κ1) is 11.1. The molecule has 0 unspecified atom stereocenters. The fourth-order valence-corrected chi connectivity index (χ4v) is 2.13. The summed E-state index contributed by atoms with van der Waals surface area (Å²) >= 11 is 3.22. The number of aromatic nitrogens is 3. The van der Waals surface area contributed by atoms with E-state index in [1.165, 1.54) is 0 Å². The van der Waals surface area contributed by atoms with E-state index < -0.39 is 0 Å². The number of benzene rings is 1. The van der Waals surface area contributed by atoms with Gasteiger partial charge in [0.1, 0.15) is 5.82 Å². The molecule has 3 rings (SSSR count). The number of fused-ring (bicyclic) bond motifs is 1. The van der Waals surface area contributed by atoms with Crippen LogP contribution in [0.2, 0.25) is 0 Å². The number of rotatable bonds is 1. The SMILES string of the molecule is Nc1nc(Br)nc2nc(-c3ccccc3)ccc12. The summed E-state index contributed by atoms with van der Waals surface area (Å²) in [6.45, 7) is 0. The van der Waals surface area contributed by atoms with Gasteiger partial charge in [0.15, 0.2) is 5.65 Å². The summed E-state index contributed by atoms with van der Waals surface area (Å²) < 4.78 is 0.449. The maximum atomic E-state index is 5.82. The molecule has 0 spiro atoms. The number of nitrogens with two attached hydrogens (primary N) is 1. The van der Waals surface area contributed by atoms with E-state index in [2.05, 4.69) is 30.9 Å².